The van der Waals surface area contributed by atoms with Crippen molar-refractivity contribution in [1.29, 1.82) is 0 Å². The van der Waals surface area contributed by atoms with Crippen LogP contribution >= 0.6 is 0 Å². The van der Waals surface area contributed by atoms with Crippen LogP contribution in [0.15, 0.2) is 29.3 Å². The van der Waals surface area contributed by atoms with Crippen molar-refractivity contribution in [1.82, 2.24) is 15.5 Å². The van der Waals surface area contributed by atoms with Crippen LogP contribution in [0.1, 0.15) is 39.3 Å². The number of guanidine groups is 1. The highest BCUT2D eigenvalue weighted by Gasteiger charge is 2.23. The molecule has 2 unspecified atom stereocenters. The van der Waals surface area contributed by atoms with Crippen molar-refractivity contribution < 1.29 is 13.3 Å². The minimum Gasteiger partial charge on any atom is -0.379 e. The summed E-state index contributed by atoms with van der Waals surface area (Å²) >= 11 is 0. The van der Waals surface area contributed by atoms with Gasteiger partial charge in [0.2, 0.25) is 0 Å². The van der Waals surface area contributed by atoms with Crippen molar-refractivity contribution in [3.05, 3.63) is 35.6 Å². The van der Waals surface area contributed by atoms with Gasteiger partial charge in [0.25, 0.3) is 0 Å². The number of nitrogens with one attached hydrogen (secondary N) is 2. The van der Waals surface area contributed by atoms with Crippen molar-refractivity contribution in [3.8, 4) is 0 Å². The number of halogens is 1. The van der Waals surface area contributed by atoms with Crippen molar-refractivity contribution >= 4 is 16.8 Å². The summed E-state index contributed by atoms with van der Waals surface area (Å²) in [5.74, 6) is 1.04. The van der Waals surface area contributed by atoms with E-state index in [9.17, 15) is 8.60 Å². The Labute approximate surface area is 176 Å². The lowest BCUT2D eigenvalue weighted by molar-refractivity contribution is 0.0179. The van der Waals surface area contributed by atoms with Gasteiger partial charge in [0.05, 0.1) is 25.8 Å². The third-order valence-corrected chi connectivity index (χ3v) is 6.71. The van der Waals surface area contributed by atoms with Crippen LogP contribution in [0.3, 0.4) is 0 Å². The zero-order valence-corrected chi connectivity index (χ0v) is 18.9. The normalized spacial score (nSPS) is 18.3. The van der Waals surface area contributed by atoms with Gasteiger partial charge in [0.1, 0.15) is 5.82 Å². The van der Waals surface area contributed by atoms with E-state index >= 15 is 0 Å². The maximum absolute atomic E-state index is 13.4. The van der Waals surface area contributed by atoms with E-state index in [0.717, 1.165) is 25.2 Å². The number of hydrogen-bond acceptors (Lipinski definition) is 4. The fourth-order valence-electron chi connectivity index (χ4n) is 3.09. The molecule has 1 heterocycles. The quantitative estimate of drug-likeness (QED) is 0.493. The van der Waals surface area contributed by atoms with Crippen LogP contribution in [0.2, 0.25) is 0 Å². The monoisotopic (exact) mass is 426 g/mol. The summed E-state index contributed by atoms with van der Waals surface area (Å²) in [6.07, 6.45) is 0. The summed E-state index contributed by atoms with van der Waals surface area (Å²) in [5, 5.41) is 6.54. The van der Waals surface area contributed by atoms with Gasteiger partial charge in [0.15, 0.2) is 5.96 Å². The Morgan fingerprint density at radius 3 is 2.48 bits per heavy atom. The fraction of sp³-hybridized carbons (Fsp3) is 0.667. The lowest BCUT2D eigenvalue weighted by Crippen LogP contribution is -2.42. The van der Waals surface area contributed by atoms with Crippen molar-refractivity contribution in [2.45, 2.75) is 38.5 Å². The minimum atomic E-state index is -0.909. The third-order valence-electron chi connectivity index (χ3n) is 4.77. The maximum atomic E-state index is 13.4. The van der Waals surface area contributed by atoms with Gasteiger partial charge in [-0.3, -0.25) is 14.1 Å². The van der Waals surface area contributed by atoms with Crippen LogP contribution < -0.4 is 10.6 Å². The molecule has 0 saturated carbocycles. The smallest absolute Gasteiger partial charge is 0.191 e. The largest absolute Gasteiger partial charge is 0.379 e. The topological polar surface area (TPSA) is 66.0 Å². The lowest BCUT2D eigenvalue weighted by atomic mass is 10.0. The Bertz CT molecular complexity index is 670. The Morgan fingerprint density at radius 1 is 1.24 bits per heavy atom. The predicted octanol–water partition coefficient (Wildman–Crippen LogP) is 2.30. The number of benzene rings is 1. The van der Waals surface area contributed by atoms with Gasteiger partial charge in [0, 0.05) is 47.5 Å². The Kier molecular flexibility index (Phi) is 9.52. The van der Waals surface area contributed by atoms with E-state index in [4.69, 9.17) is 9.73 Å². The zero-order chi connectivity index (χ0) is 21.3. The summed E-state index contributed by atoms with van der Waals surface area (Å²) in [6.45, 7) is 12.9. The van der Waals surface area contributed by atoms with Crippen LogP contribution in [0, 0.1) is 5.82 Å². The Morgan fingerprint density at radius 2 is 1.90 bits per heavy atom. The molecule has 29 heavy (non-hydrogen) atoms. The van der Waals surface area contributed by atoms with E-state index in [0.29, 0.717) is 38.0 Å². The second kappa shape index (κ2) is 11.6. The molecule has 1 aromatic carbocycles. The first-order chi connectivity index (χ1) is 13.8. The average molecular weight is 427 g/mol. The van der Waals surface area contributed by atoms with Gasteiger partial charge in [-0.15, -0.1) is 0 Å². The average Bonchev–Trinajstić information content (AvgIpc) is 2.69. The number of ether oxygens (including phenoxy) is 1. The molecule has 164 valence electrons. The van der Waals surface area contributed by atoms with Crippen LogP contribution in [-0.2, 0) is 15.5 Å². The van der Waals surface area contributed by atoms with Gasteiger partial charge in [-0.25, -0.2) is 4.39 Å². The zero-order valence-electron chi connectivity index (χ0n) is 18.0. The predicted molar refractivity (Wildman–Crippen MR) is 118 cm³/mol. The van der Waals surface area contributed by atoms with Gasteiger partial charge < -0.3 is 15.4 Å². The molecule has 8 heteroatoms. The second-order valence-corrected chi connectivity index (χ2v) is 10.3. The van der Waals surface area contributed by atoms with Crippen LogP contribution in [-0.4, -0.2) is 71.5 Å². The molecular formula is C21H35FN4O2S. The Hall–Kier alpha value is -1.51. The first-order valence-electron chi connectivity index (χ1n) is 10.3. The Balaban J connectivity index is 2.06. The van der Waals surface area contributed by atoms with E-state index in [1.165, 1.54) is 12.1 Å². The fourth-order valence-corrected chi connectivity index (χ4v) is 3.99. The van der Waals surface area contributed by atoms with E-state index in [1.807, 2.05) is 39.8 Å². The molecule has 0 bridgehead atoms. The van der Waals surface area contributed by atoms with Crippen molar-refractivity contribution in [3.63, 3.8) is 0 Å². The molecule has 0 aliphatic carbocycles. The van der Waals surface area contributed by atoms with E-state index < -0.39 is 10.8 Å². The highest BCUT2D eigenvalue weighted by molar-refractivity contribution is 7.86. The molecule has 0 aromatic heterocycles. The SMILES string of the molecule is CCNC(=NCC(c1ccc(F)cc1)N1CCOCC1)NCCS(=O)C(C)(C)C. The molecule has 1 saturated heterocycles. The number of morpholine rings is 1. The highest BCUT2D eigenvalue weighted by Crippen LogP contribution is 2.22. The molecule has 0 radical (unpaired) electrons. The standard InChI is InChI=1S/C21H35FN4O2S/c1-5-23-20(24-10-15-29(27)21(2,3)4)25-16-19(26-11-13-28-14-12-26)17-6-8-18(22)9-7-17/h6-9,19H,5,10-16H2,1-4H3,(H2,23,24,25). The van der Waals surface area contributed by atoms with Crippen LogP contribution in [0.5, 0.6) is 0 Å². The van der Waals surface area contributed by atoms with E-state index in [1.54, 1.807) is 0 Å². The van der Waals surface area contributed by atoms with Crippen LogP contribution in [0.4, 0.5) is 4.39 Å². The van der Waals surface area contributed by atoms with Gasteiger partial charge in [-0.2, -0.15) is 0 Å². The summed E-state index contributed by atoms with van der Waals surface area (Å²) in [4.78, 5) is 7.10. The number of aliphatic imine (C=N–C) groups is 1. The molecule has 0 amide bonds. The molecule has 2 N–H and O–H groups in total. The maximum Gasteiger partial charge on any atom is 0.191 e. The van der Waals surface area contributed by atoms with Gasteiger partial charge in [-0.1, -0.05) is 12.1 Å². The molecule has 1 fully saturated rings. The molecule has 0 spiro atoms. The van der Waals surface area contributed by atoms with Gasteiger partial charge >= 0.3 is 0 Å². The molecule has 1 aromatic rings. The third kappa shape index (κ3) is 8.03. The number of hydrogen-bond donors (Lipinski definition) is 2. The first-order valence-corrected chi connectivity index (χ1v) is 11.6. The molecule has 1 aliphatic rings. The lowest BCUT2D eigenvalue weighted by Gasteiger charge is -2.34. The summed E-state index contributed by atoms with van der Waals surface area (Å²) in [5.41, 5.74) is 1.04. The molecule has 2 rings (SSSR count). The summed E-state index contributed by atoms with van der Waals surface area (Å²) in [7, 11) is -0.909. The number of rotatable bonds is 8. The van der Waals surface area contributed by atoms with E-state index in [-0.39, 0.29) is 16.6 Å². The summed E-state index contributed by atoms with van der Waals surface area (Å²) < 4.78 is 30.9. The number of nitrogens with zero attached hydrogens (tertiary/aromatic N) is 2. The molecular weight excluding hydrogens is 391 g/mol. The highest BCUT2D eigenvalue weighted by atomic mass is 32.2. The van der Waals surface area contributed by atoms with Gasteiger partial charge in [-0.05, 0) is 45.4 Å². The van der Waals surface area contributed by atoms with E-state index in [2.05, 4.69) is 15.5 Å². The first kappa shape index (κ1) is 23.8. The minimum absolute atomic E-state index is 0.0543. The molecule has 6 nitrogen and oxygen atoms in total. The van der Waals surface area contributed by atoms with Crippen LogP contribution in [0.25, 0.3) is 0 Å². The van der Waals surface area contributed by atoms with Crippen molar-refractivity contribution in [2.75, 3.05) is 51.7 Å². The molecule has 1 aliphatic heterocycles. The molecule has 2 atom stereocenters. The summed E-state index contributed by atoms with van der Waals surface area (Å²) in [6, 6.07) is 6.71. The van der Waals surface area contributed by atoms with Crippen molar-refractivity contribution in [2.24, 2.45) is 4.99 Å². The second-order valence-electron chi connectivity index (χ2n) is 8.02.